The summed E-state index contributed by atoms with van der Waals surface area (Å²) in [6.07, 6.45) is 4.98. The Bertz CT molecular complexity index is 273. The van der Waals surface area contributed by atoms with Crippen molar-refractivity contribution in [1.82, 2.24) is 9.78 Å². The van der Waals surface area contributed by atoms with E-state index < -0.39 is 0 Å². The van der Waals surface area contributed by atoms with Gasteiger partial charge in [-0.1, -0.05) is 0 Å². The van der Waals surface area contributed by atoms with Crippen molar-refractivity contribution in [3.63, 3.8) is 0 Å². The fraction of sp³-hybridized carbons (Fsp3) is 0.700. The summed E-state index contributed by atoms with van der Waals surface area (Å²) in [5.41, 5.74) is 9.67. The van der Waals surface area contributed by atoms with Crippen molar-refractivity contribution >= 4 is 0 Å². The minimum Gasteiger partial charge on any atom is -0.325 e. The quantitative estimate of drug-likeness (QED) is 0.742. The van der Waals surface area contributed by atoms with Crippen LogP contribution in [-0.2, 0) is 25.9 Å². The van der Waals surface area contributed by atoms with Gasteiger partial charge in [-0.2, -0.15) is 5.10 Å². The van der Waals surface area contributed by atoms with E-state index >= 15 is 0 Å². The highest BCUT2D eigenvalue weighted by Gasteiger charge is 2.18. The molecular weight excluding hydrogens is 162 g/mol. The van der Waals surface area contributed by atoms with Gasteiger partial charge in [0.25, 0.3) is 0 Å². The number of aromatic nitrogens is 2. The zero-order valence-electron chi connectivity index (χ0n) is 8.21. The molecule has 13 heavy (non-hydrogen) atoms. The van der Waals surface area contributed by atoms with E-state index in [0.29, 0.717) is 6.54 Å². The summed E-state index contributed by atoms with van der Waals surface area (Å²) < 4.78 is 2.12. The lowest BCUT2D eigenvalue weighted by molar-refractivity contribution is 0.580. The van der Waals surface area contributed by atoms with Crippen LogP contribution in [0.25, 0.3) is 0 Å². The molecule has 0 unspecified atom stereocenters. The second-order valence-corrected chi connectivity index (χ2v) is 3.60. The van der Waals surface area contributed by atoms with E-state index in [9.17, 15) is 0 Å². The van der Waals surface area contributed by atoms with Crippen LogP contribution in [0.2, 0.25) is 0 Å². The Labute approximate surface area is 78.9 Å². The van der Waals surface area contributed by atoms with Crippen LogP contribution in [0.1, 0.15) is 36.7 Å². The Morgan fingerprint density at radius 2 is 2.15 bits per heavy atom. The number of nitrogens with zero attached hydrogens (tertiary/aromatic N) is 2. The Morgan fingerprint density at radius 1 is 1.38 bits per heavy atom. The Kier molecular flexibility index (Phi) is 2.36. The Morgan fingerprint density at radius 3 is 2.85 bits per heavy atom. The van der Waals surface area contributed by atoms with Crippen LogP contribution in [0.15, 0.2) is 0 Å². The van der Waals surface area contributed by atoms with Gasteiger partial charge in [0.1, 0.15) is 0 Å². The van der Waals surface area contributed by atoms with Crippen molar-refractivity contribution in [2.45, 2.75) is 45.7 Å². The molecule has 1 aromatic rings. The molecule has 0 radical (unpaired) electrons. The number of aryl methyl sites for hydroxylation is 1. The lowest BCUT2D eigenvalue weighted by Crippen LogP contribution is -2.08. The Balaban J connectivity index is 2.44. The molecule has 3 nitrogen and oxygen atoms in total. The maximum atomic E-state index is 5.67. The van der Waals surface area contributed by atoms with E-state index in [1.165, 1.54) is 36.9 Å². The third-order valence-electron chi connectivity index (χ3n) is 2.83. The summed E-state index contributed by atoms with van der Waals surface area (Å²) in [6.45, 7) is 3.71. The first-order valence-electron chi connectivity index (χ1n) is 5.14. The summed E-state index contributed by atoms with van der Waals surface area (Å²) in [5.74, 6) is 0. The van der Waals surface area contributed by atoms with E-state index in [2.05, 4.69) is 16.7 Å². The van der Waals surface area contributed by atoms with Crippen LogP contribution in [-0.4, -0.2) is 9.78 Å². The minimum absolute atomic E-state index is 0.593. The molecule has 0 spiro atoms. The smallest absolute Gasteiger partial charge is 0.0795 e. The maximum absolute atomic E-state index is 5.67. The van der Waals surface area contributed by atoms with Crippen LogP contribution in [0.5, 0.6) is 0 Å². The van der Waals surface area contributed by atoms with Crippen molar-refractivity contribution in [1.29, 1.82) is 0 Å². The number of nitrogens with two attached hydrogens (primary N) is 1. The number of fused-ring (bicyclic) bond motifs is 1. The molecule has 2 rings (SSSR count). The first-order valence-corrected chi connectivity index (χ1v) is 5.14. The highest BCUT2D eigenvalue weighted by molar-refractivity contribution is 5.28. The number of hydrogen-bond acceptors (Lipinski definition) is 2. The normalized spacial score (nSPS) is 15.8. The van der Waals surface area contributed by atoms with Crippen molar-refractivity contribution in [2.24, 2.45) is 5.73 Å². The molecule has 2 N–H and O–H groups in total. The van der Waals surface area contributed by atoms with Gasteiger partial charge in [0.15, 0.2) is 0 Å². The molecule has 72 valence electrons. The lowest BCUT2D eigenvalue weighted by Gasteiger charge is -2.13. The summed E-state index contributed by atoms with van der Waals surface area (Å²) in [7, 11) is 0. The second kappa shape index (κ2) is 3.50. The van der Waals surface area contributed by atoms with Crippen LogP contribution < -0.4 is 5.73 Å². The number of hydrogen-bond donors (Lipinski definition) is 1. The molecule has 0 aliphatic heterocycles. The lowest BCUT2D eigenvalue weighted by atomic mass is 9.96. The average Bonchev–Trinajstić information content (AvgIpc) is 2.56. The van der Waals surface area contributed by atoms with Crippen molar-refractivity contribution in [2.75, 3.05) is 0 Å². The molecule has 0 aromatic carbocycles. The fourth-order valence-corrected chi connectivity index (χ4v) is 2.18. The third kappa shape index (κ3) is 1.37. The molecule has 0 fully saturated rings. The maximum Gasteiger partial charge on any atom is 0.0795 e. The average molecular weight is 179 g/mol. The van der Waals surface area contributed by atoms with Crippen LogP contribution in [0, 0.1) is 0 Å². The zero-order chi connectivity index (χ0) is 9.26. The van der Waals surface area contributed by atoms with Crippen molar-refractivity contribution in [3.05, 3.63) is 17.0 Å². The van der Waals surface area contributed by atoms with Gasteiger partial charge in [0.05, 0.1) is 5.69 Å². The molecule has 0 bridgehead atoms. The molecule has 1 aliphatic rings. The molecule has 0 saturated heterocycles. The predicted molar refractivity (Wildman–Crippen MR) is 52.4 cm³/mol. The zero-order valence-corrected chi connectivity index (χ0v) is 8.21. The summed E-state index contributed by atoms with van der Waals surface area (Å²) >= 11 is 0. The van der Waals surface area contributed by atoms with Gasteiger partial charge in [-0.15, -0.1) is 0 Å². The topological polar surface area (TPSA) is 43.8 Å². The van der Waals surface area contributed by atoms with Gasteiger partial charge in [0, 0.05) is 18.8 Å². The van der Waals surface area contributed by atoms with Crippen molar-refractivity contribution in [3.8, 4) is 0 Å². The van der Waals surface area contributed by atoms with Gasteiger partial charge < -0.3 is 5.73 Å². The van der Waals surface area contributed by atoms with Gasteiger partial charge >= 0.3 is 0 Å². The fourth-order valence-electron chi connectivity index (χ4n) is 2.18. The molecule has 0 amide bonds. The van der Waals surface area contributed by atoms with Gasteiger partial charge in [-0.3, -0.25) is 4.68 Å². The largest absolute Gasteiger partial charge is 0.325 e. The van der Waals surface area contributed by atoms with Crippen LogP contribution in [0.4, 0.5) is 0 Å². The highest BCUT2D eigenvalue weighted by Crippen LogP contribution is 2.23. The van der Waals surface area contributed by atoms with Gasteiger partial charge in [0.2, 0.25) is 0 Å². The molecule has 1 aromatic heterocycles. The first kappa shape index (κ1) is 8.75. The Hall–Kier alpha value is -0.830. The molecule has 3 heteroatoms. The van der Waals surface area contributed by atoms with E-state index in [1.54, 1.807) is 0 Å². The van der Waals surface area contributed by atoms with E-state index in [-0.39, 0.29) is 0 Å². The molecule has 1 aliphatic carbocycles. The molecule has 0 atom stereocenters. The monoisotopic (exact) mass is 179 g/mol. The van der Waals surface area contributed by atoms with E-state index in [0.717, 1.165) is 12.2 Å². The van der Waals surface area contributed by atoms with Crippen LogP contribution in [0.3, 0.4) is 0 Å². The first-order chi connectivity index (χ1) is 6.36. The highest BCUT2D eigenvalue weighted by atomic mass is 15.3. The van der Waals surface area contributed by atoms with Crippen LogP contribution >= 0.6 is 0 Å². The standard InChI is InChI=1S/C10H17N3/c1-2-13-10-6-4-3-5-8(10)9(7-11)12-13/h2-7,11H2,1H3. The summed E-state index contributed by atoms with van der Waals surface area (Å²) in [5, 5.41) is 4.52. The second-order valence-electron chi connectivity index (χ2n) is 3.60. The molecular formula is C10H17N3. The van der Waals surface area contributed by atoms with E-state index in [4.69, 9.17) is 5.73 Å². The molecule has 1 heterocycles. The number of rotatable bonds is 2. The van der Waals surface area contributed by atoms with E-state index in [1.807, 2.05) is 0 Å². The summed E-state index contributed by atoms with van der Waals surface area (Å²) in [6, 6.07) is 0. The minimum atomic E-state index is 0.593. The SMILES string of the molecule is CCn1nc(CN)c2c1CCCC2. The van der Waals surface area contributed by atoms with Crippen molar-refractivity contribution < 1.29 is 0 Å². The summed E-state index contributed by atoms with van der Waals surface area (Å²) in [4.78, 5) is 0. The third-order valence-corrected chi connectivity index (χ3v) is 2.83. The van der Waals surface area contributed by atoms with Gasteiger partial charge in [-0.05, 0) is 38.2 Å². The van der Waals surface area contributed by atoms with Gasteiger partial charge in [-0.25, -0.2) is 0 Å². The molecule has 0 saturated carbocycles. The predicted octanol–water partition coefficient (Wildman–Crippen LogP) is 1.24.